The summed E-state index contributed by atoms with van der Waals surface area (Å²) in [5.41, 5.74) is 2.10. The molecule has 0 radical (unpaired) electrons. The molecular weight excluding hydrogens is 676 g/mol. The van der Waals surface area contributed by atoms with Crippen molar-refractivity contribution in [2.45, 2.75) is 71.2 Å². The lowest BCUT2D eigenvalue weighted by molar-refractivity contribution is -0.387. The van der Waals surface area contributed by atoms with Crippen molar-refractivity contribution in [3.05, 3.63) is 99.1 Å². The van der Waals surface area contributed by atoms with Crippen LogP contribution >= 0.6 is 0 Å². The molecule has 0 fully saturated rings. The number of nitro groups is 1. The van der Waals surface area contributed by atoms with E-state index in [1.165, 1.54) is 34.2 Å². The number of carbonyl (C=O) groups is 3. The maximum atomic E-state index is 14.0. The van der Waals surface area contributed by atoms with Gasteiger partial charge in [-0.05, 0) is 76.4 Å². The van der Waals surface area contributed by atoms with Gasteiger partial charge in [0.05, 0.1) is 23.6 Å². The number of hydrazine groups is 1. The van der Waals surface area contributed by atoms with Gasteiger partial charge in [0.2, 0.25) is 15.9 Å². The molecule has 15 heteroatoms. The Kier molecular flexibility index (Phi) is 12.3. The van der Waals surface area contributed by atoms with Crippen LogP contribution in [0.4, 0.5) is 11.4 Å². The third-order valence-electron chi connectivity index (χ3n) is 8.37. The van der Waals surface area contributed by atoms with E-state index >= 15 is 0 Å². The third-order valence-corrected chi connectivity index (χ3v) is 10.5. The molecule has 1 heterocycles. The maximum absolute atomic E-state index is 14.0. The molecule has 0 bridgehead atoms. The fourth-order valence-corrected chi connectivity index (χ4v) is 7.51. The van der Waals surface area contributed by atoms with Crippen molar-refractivity contribution >= 4 is 39.2 Å². The zero-order valence-electron chi connectivity index (χ0n) is 30.1. The molecule has 2 amide bonds. The van der Waals surface area contributed by atoms with Gasteiger partial charge in [-0.1, -0.05) is 42.5 Å². The number of likely N-dealkylation sites (N-methyl/N-ethyl adjacent to an activating group) is 1. The lowest BCUT2D eigenvalue weighted by Crippen LogP contribution is -2.48. The molecule has 1 aliphatic rings. The van der Waals surface area contributed by atoms with Crippen LogP contribution in [0, 0.1) is 17.0 Å². The van der Waals surface area contributed by atoms with Crippen molar-refractivity contribution < 1.29 is 32.5 Å². The number of para-hydroxylation sites is 1. The van der Waals surface area contributed by atoms with E-state index in [1.54, 1.807) is 60.7 Å². The van der Waals surface area contributed by atoms with Crippen molar-refractivity contribution in [1.29, 1.82) is 0 Å². The van der Waals surface area contributed by atoms with Gasteiger partial charge in [-0.2, -0.15) is 4.31 Å². The normalized spacial score (nSPS) is 13.3. The van der Waals surface area contributed by atoms with Crippen molar-refractivity contribution in [3.8, 4) is 0 Å². The summed E-state index contributed by atoms with van der Waals surface area (Å²) in [5, 5.41) is 18.1. The molecule has 0 atom stereocenters. The van der Waals surface area contributed by atoms with Gasteiger partial charge in [-0.15, -0.1) is 0 Å². The average molecular weight is 723 g/mol. The molecule has 0 saturated carbocycles. The highest BCUT2D eigenvalue weighted by Crippen LogP contribution is 2.29. The number of esters is 1. The van der Waals surface area contributed by atoms with E-state index in [-0.39, 0.29) is 37.6 Å². The first kappa shape index (κ1) is 39.1. The van der Waals surface area contributed by atoms with Crippen LogP contribution in [-0.2, 0) is 37.4 Å². The summed E-state index contributed by atoms with van der Waals surface area (Å²) < 4.78 is 34.3. The van der Waals surface area contributed by atoms with Crippen LogP contribution in [0.3, 0.4) is 0 Å². The molecule has 3 aromatic carbocycles. The first-order valence-electron chi connectivity index (χ1n) is 16.6. The van der Waals surface area contributed by atoms with Crippen LogP contribution in [0.25, 0.3) is 0 Å². The summed E-state index contributed by atoms with van der Waals surface area (Å²) in [5.74, 6) is -1.35. The first-order valence-corrected chi connectivity index (χ1v) is 18.0. The molecule has 0 saturated heterocycles. The highest BCUT2D eigenvalue weighted by atomic mass is 32.2. The minimum atomic E-state index is -4.39. The Morgan fingerprint density at radius 1 is 0.941 bits per heavy atom. The van der Waals surface area contributed by atoms with Gasteiger partial charge in [0.1, 0.15) is 5.60 Å². The van der Waals surface area contributed by atoms with E-state index in [2.05, 4.69) is 5.32 Å². The Labute approximate surface area is 299 Å². The van der Waals surface area contributed by atoms with E-state index in [4.69, 9.17) is 4.74 Å². The lowest BCUT2D eigenvalue weighted by atomic mass is 10.1. The summed E-state index contributed by atoms with van der Waals surface area (Å²) in [7, 11) is -2.71. The van der Waals surface area contributed by atoms with Gasteiger partial charge >= 0.3 is 5.97 Å². The maximum Gasteiger partial charge on any atom is 0.338 e. The predicted octanol–water partition coefficient (Wildman–Crippen LogP) is 4.27. The molecule has 0 aliphatic carbocycles. The van der Waals surface area contributed by atoms with Crippen LogP contribution in [0.1, 0.15) is 61.7 Å². The Balaban J connectivity index is 1.57. The van der Waals surface area contributed by atoms with Gasteiger partial charge in [-0.3, -0.25) is 30.0 Å². The minimum absolute atomic E-state index is 0.149. The van der Waals surface area contributed by atoms with Crippen LogP contribution in [0.2, 0.25) is 0 Å². The molecular formula is C36H46N6O8S. The largest absolute Gasteiger partial charge is 0.456 e. The van der Waals surface area contributed by atoms with Crippen molar-refractivity contribution in [1.82, 2.24) is 19.6 Å². The van der Waals surface area contributed by atoms with Gasteiger partial charge in [0.15, 0.2) is 4.90 Å². The van der Waals surface area contributed by atoms with E-state index in [0.29, 0.717) is 24.3 Å². The van der Waals surface area contributed by atoms with Crippen LogP contribution < -0.4 is 10.2 Å². The van der Waals surface area contributed by atoms with Crippen molar-refractivity contribution in [2.75, 3.05) is 38.1 Å². The number of rotatable bonds is 14. The molecule has 1 aliphatic heterocycles. The van der Waals surface area contributed by atoms with E-state index in [1.807, 2.05) is 29.3 Å². The number of benzene rings is 3. The number of hydrogen-bond acceptors (Lipinski definition) is 10. The molecule has 0 unspecified atom stereocenters. The van der Waals surface area contributed by atoms with Crippen LogP contribution in [-0.4, -0.2) is 90.3 Å². The molecule has 0 aromatic heterocycles. The van der Waals surface area contributed by atoms with Crippen molar-refractivity contribution in [2.24, 2.45) is 0 Å². The van der Waals surface area contributed by atoms with E-state index in [0.717, 1.165) is 21.5 Å². The van der Waals surface area contributed by atoms with Gasteiger partial charge in [0, 0.05) is 51.0 Å². The number of nitrogens with one attached hydrogen (secondary N) is 1. The molecule has 1 N–H and O–H groups in total. The van der Waals surface area contributed by atoms with Crippen LogP contribution in [0.5, 0.6) is 0 Å². The molecule has 51 heavy (non-hydrogen) atoms. The van der Waals surface area contributed by atoms with E-state index < -0.39 is 49.0 Å². The van der Waals surface area contributed by atoms with Gasteiger partial charge in [-0.25, -0.2) is 18.2 Å². The monoisotopic (exact) mass is 722 g/mol. The molecule has 14 nitrogen and oxygen atoms in total. The molecule has 274 valence electrons. The van der Waals surface area contributed by atoms with Crippen LogP contribution in [0.15, 0.2) is 71.6 Å². The standard InChI is InChI=1S/C36H46N6O8S/c1-25(2)41(51(48,49)32-15-11-10-14-30(32)42(46)47)19-18-40(31-20-27(17-16-26(31)3)35(45)50-36(4,5)6)34(44)22-37-21-33(43)38(7)39-23-28-12-8-9-13-29(28)24-39/h8-17,20,25,37H,18-19,21-24H2,1-7H3. The summed E-state index contributed by atoms with van der Waals surface area (Å²) in [6, 6.07) is 17.2. The number of hydrogen-bond donors (Lipinski definition) is 1. The topological polar surface area (TPSA) is 163 Å². The SMILES string of the molecule is Cc1ccc(C(=O)OC(C)(C)C)cc1N(CCN(C(C)C)S(=O)(=O)c1ccccc1[N+](=O)[O-])C(=O)CNCC(=O)N(C)N1Cc2ccccc2C1. The zero-order chi connectivity index (χ0) is 37.7. The molecule has 3 aromatic rings. The summed E-state index contributed by atoms with van der Waals surface area (Å²) in [6.45, 7) is 10.6. The fraction of sp³-hybridized carbons (Fsp3) is 0.417. The zero-order valence-corrected chi connectivity index (χ0v) is 30.9. The third kappa shape index (κ3) is 9.55. The highest BCUT2D eigenvalue weighted by molar-refractivity contribution is 7.89. The quantitative estimate of drug-likeness (QED) is 0.145. The van der Waals surface area contributed by atoms with E-state index in [9.17, 15) is 32.9 Å². The van der Waals surface area contributed by atoms with Crippen molar-refractivity contribution in [3.63, 3.8) is 0 Å². The number of aryl methyl sites for hydroxylation is 1. The molecule has 4 rings (SSSR count). The highest BCUT2D eigenvalue weighted by Gasteiger charge is 2.34. The second kappa shape index (κ2) is 16.1. The van der Waals surface area contributed by atoms with Gasteiger partial charge in [0.25, 0.3) is 11.6 Å². The summed E-state index contributed by atoms with van der Waals surface area (Å²) in [4.78, 5) is 52.0. The van der Waals surface area contributed by atoms with Gasteiger partial charge < -0.3 is 9.64 Å². The number of sulfonamides is 1. The number of fused-ring (bicyclic) bond motifs is 1. The number of nitrogens with zero attached hydrogens (tertiary/aromatic N) is 5. The number of amides is 2. The lowest BCUT2D eigenvalue weighted by Gasteiger charge is -2.31. The first-order chi connectivity index (χ1) is 23.9. The second-order valence-corrected chi connectivity index (χ2v) is 15.5. The average Bonchev–Trinajstić information content (AvgIpc) is 3.50. The number of nitro benzene ring substituents is 1. The number of ether oxygens (including phenoxy) is 1. The Morgan fingerprint density at radius 2 is 1.53 bits per heavy atom. The second-order valence-electron chi connectivity index (χ2n) is 13.6. The smallest absolute Gasteiger partial charge is 0.338 e. The Hall–Kier alpha value is -4.70. The Bertz CT molecular complexity index is 1870. The Morgan fingerprint density at radius 3 is 2.12 bits per heavy atom. The molecule has 0 spiro atoms. The summed E-state index contributed by atoms with van der Waals surface area (Å²) >= 11 is 0. The minimum Gasteiger partial charge on any atom is -0.456 e. The summed E-state index contributed by atoms with van der Waals surface area (Å²) in [6.07, 6.45) is 0. The number of carbonyl (C=O) groups excluding carboxylic acids is 3. The number of anilines is 1. The predicted molar refractivity (Wildman–Crippen MR) is 192 cm³/mol. The fourth-order valence-electron chi connectivity index (χ4n) is 5.72.